The maximum absolute atomic E-state index is 5.78. The quantitative estimate of drug-likeness (QED) is 0.135. The van der Waals surface area contributed by atoms with Gasteiger partial charge in [-0.2, -0.15) is 91.0 Å². The van der Waals surface area contributed by atoms with Gasteiger partial charge in [-0.05, 0) is 55.7 Å². The third-order valence-corrected chi connectivity index (χ3v) is 7.85. The molecule has 0 bridgehead atoms. The molecule has 4 nitrogen and oxygen atoms in total. The Hall–Kier alpha value is -4.72. The molecule has 0 N–H and O–H groups in total. The summed E-state index contributed by atoms with van der Waals surface area (Å²) in [5.74, 6) is 5.92. The van der Waals surface area contributed by atoms with Gasteiger partial charge in [-0.15, -0.1) is 60.7 Å². The minimum Gasteiger partial charge on any atom is -0.522 e. The number of ether oxygens (including phenoxy) is 4. The smallest absolute Gasteiger partial charge is 0.522 e. The van der Waals surface area contributed by atoms with Crippen molar-refractivity contribution >= 4 is 0 Å². The van der Waals surface area contributed by atoms with Gasteiger partial charge < -0.3 is 26.4 Å². The van der Waals surface area contributed by atoms with Crippen molar-refractivity contribution in [1.29, 1.82) is 0 Å². The van der Waals surface area contributed by atoms with Crippen LogP contribution in [-0.2, 0) is 46.0 Å². The van der Waals surface area contributed by atoms with E-state index < -0.39 is 0 Å². The summed E-state index contributed by atoms with van der Waals surface area (Å²) in [6, 6.07) is 76.7. The van der Waals surface area contributed by atoms with Crippen molar-refractivity contribution in [2.45, 2.75) is 20.3 Å². The average molecular weight is 1220 g/mol. The molecule has 0 fully saturated rings. The number of benzene rings is 8. The van der Waals surface area contributed by atoms with Gasteiger partial charge in [-0.3, -0.25) is 0 Å². The molecule has 7 heteroatoms. The standard InChI is InChI=1S/C20H17O.C13H11O.C12H8O.C7H7O.CH3.U.V.W/c1-16-7-9-17(10-8-16)15-18-11-13-20(14-12-18)21-19-5-3-2-4-6-19;1-11-7-9-13(10-8-11)14-12-5-3-2-4-6-12;1-3-7-11(8-4-1)13-12-9-5-2-6-10-12;1-8-7-5-3-2-4-6-7;;;;/h3-14H,15H2,1H3;3-10H,1H3;3-10H;3-6H,1H3;1H3;;;/q2*-1;-2;2*-1;3*+2. The van der Waals surface area contributed by atoms with Gasteiger partial charge in [0.15, 0.2) is 0 Å². The topological polar surface area (TPSA) is 36.9 Å². The molecule has 8 rings (SSSR count). The van der Waals surface area contributed by atoms with E-state index in [0.29, 0.717) is 0 Å². The maximum atomic E-state index is 5.78. The Morgan fingerprint density at radius 3 is 0.833 bits per heavy atom. The second-order valence-electron chi connectivity index (χ2n) is 12.3. The van der Waals surface area contributed by atoms with E-state index in [-0.39, 0.29) is 78.2 Å². The molecule has 1 radical (unpaired) electrons. The van der Waals surface area contributed by atoms with Crippen LogP contribution in [0.4, 0.5) is 0 Å². The van der Waals surface area contributed by atoms with Crippen LogP contribution in [0.25, 0.3) is 0 Å². The molecule has 0 atom stereocenters. The Morgan fingerprint density at radius 2 is 0.567 bits per heavy atom. The Labute approximate surface area is 407 Å². The minimum atomic E-state index is 0. The molecular weight excluding hydrogens is 1170 g/mol. The summed E-state index contributed by atoms with van der Waals surface area (Å²) in [5.41, 5.74) is 5.14. The summed E-state index contributed by atoms with van der Waals surface area (Å²) < 4.78 is 21.8. The van der Waals surface area contributed by atoms with E-state index in [2.05, 4.69) is 80.6 Å². The van der Waals surface area contributed by atoms with Crippen LogP contribution in [0.3, 0.4) is 0 Å². The normalized spacial score (nSPS) is 9.12. The van der Waals surface area contributed by atoms with Crippen molar-refractivity contribution in [3.05, 3.63) is 254 Å². The predicted octanol–water partition coefficient (Wildman–Crippen LogP) is 13.8. The SMILES string of the molecule is COc1cc[c-]cc1.Cc1ccc(Cc2ccc(Oc3cc[c-]cc3)cc2)cc1.Cc1ccc(Oc2cc[c-]cc2)cc1.[CH3-].[U+2].[V+2].[W+2].[c-]1ccc(Oc2cc[c-]cc2)cc1. The van der Waals surface area contributed by atoms with Crippen LogP contribution in [0.2, 0.25) is 0 Å². The molecule has 0 amide bonds. The molecule has 0 aromatic heterocycles. The molecule has 0 aliphatic rings. The predicted molar refractivity (Wildman–Crippen MR) is 231 cm³/mol. The van der Waals surface area contributed by atoms with Gasteiger partial charge in [0.25, 0.3) is 0 Å². The number of methoxy groups -OCH3 is 1. The first-order chi connectivity index (χ1) is 27.5. The van der Waals surface area contributed by atoms with Gasteiger partial charge in [-0.25, -0.2) is 0 Å². The van der Waals surface area contributed by atoms with Crippen LogP contribution in [-0.4, -0.2) is 7.11 Å². The molecular formula is C53H46O4UVW. The zero-order valence-electron chi connectivity index (χ0n) is 34.2. The van der Waals surface area contributed by atoms with Crippen LogP contribution in [0.5, 0.6) is 40.2 Å². The van der Waals surface area contributed by atoms with Gasteiger partial charge in [0.2, 0.25) is 0 Å². The zero-order chi connectivity index (χ0) is 39.0. The second kappa shape index (κ2) is 31.2. The van der Waals surface area contributed by atoms with E-state index in [0.717, 1.165) is 46.7 Å². The number of rotatable bonds is 9. The first-order valence-electron chi connectivity index (χ1n) is 18.1. The fraction of sp³-hybridized carbons (Fsp3) is 0.0755. The summed E-state index contributed by atoms with van der Waals surface area (Å²) in [4.78, 5) is 0. The van der Waals surface area contributed by atoms with Gasteiger partial charge >= 0.3 is 70.7 Å². The van der Waals surface area contributed by atoms with Crippen molar-refractivity contribution in [2.24, 2.45) is 0 Å². The number of hydrogen-bond donors (Lipinski definition) is 0. The molecule has 0 aliphatic heterocycles. The summed E-state index contributed by atoms with van der Waals surface area (Å²) in [7, 11) is 1.65. The Balaban J connectivity index is 0.000000410. The molecule has 8 aromatic rings. The first kappa shape index (κ1) is 53.3. The largest absolute Gasteiger partial charge is 2.00 e. The summed E-state index contributed by atoms with van der Waals surface area (Å²) in [5, 5.41) is 0. The monoisotopic (exact) mass is 1220 g/mol. The molecule has 297 valence electrons. The molecule has 0 heterocycles. The van der Waals surface area contributed by atoms with E-state index >= 15 is 0 Å². The molecule has 0 saturated carbocycles. The van der Waals surface area contributed by atoms with Gasteiger partial charge in [0.05, 0.1) is 7.11 Å². The molecule has 8 aromatic carbocycles. The van der Waals surface area contributed by atoms with Crippen molar-refractivity contribution in [3.8, 4) is 40.2 Å². The van der Waals surface area contributed by atoms with Crippen molar-refractivity contribution in [1.82, 2.24) is 0 Å². The van der Waals surface area contributed by atoms with Crippen molar-refractivity contribution in [3.63, 3.8) is 0 Å². The molecule has 0 saturated heterocycles. The number of hydrogen-bond acceptors (Lipinski definition) is 4. The van der Waals surface area contributed by atoms with Crippen LogP contribution in [0.1, 0.15) is 22.3 Å². The van der Waals surface area contributed by atoms with Crippen molar-refractivity contribution < 1.29 is 89.7 Å². The first-order valence-corrected chi connectivity index (χ1v) is 18.1. The van der Waals surface area contributed by atoms with Gasteiger partial charge in [0, 0.05) is 28.7 Å². The Morgan fingerprint density at radius 1 is 0.350 bits per heavy atom. The summed E-state index contributed by atoms with van der Waals surface area (Å²) in [6.07, 6.45) is 0.945. The van der Waals surface area contributed by atoms with Crippen LogP contribution in [0.15, 0.2) is 194 Å². The van der Waals surface area contributed by atoms with E-state index in [1.807, 2.05) is 158 Å². The molecule has 0 spiro atoms. The Bertz CT molecular complexity index is 2180. The molecule has 0 aliphatic carbocycles. The van der Waals surface area contributed by atoms with Crippen LogP contribution >= 0.6 is 0 Å². The van der Waals surface area contributed by atoms with Crippen LogP contribution < -0.4 is 18.9 Å². The fourth-order valence-electron chi connectivity index (χ4n) is 4.90. The number of aryl methyl sites for hydroxylation is 2. The van der Waals surface area contributed by atoms with Gasteiger partial charge in [-0.1, -0.05) is 59.7 Å². The fourth-order valence-corrected chi connectivity index (χ4v) is 4.90. The second-order valence-corrected chi connectivity index (χ2v) is 12.3. The Kier molecular flexibility index (Phi) is 27.7. The van der Waals surface area contributed by atoms with E-state index in [4.69, 9.17) is 18.9 Å². The summed E-state index contributed by atoms with van der Waals surface area (Å²) in [6.45, 7) is 4.17. The maximum Gasteiger partial charge on any atom is 2.00 e. The van der Waals surface area contributed by atoms with Crippen molar-refractivity contribution in [2.75, 3.05) is 7.11 Å². The third kappa shape index (κ3) is 21.0. The third-order valence-electron chi connectivity index (χ3n) is 7.85. The zero-order valence-corrected chi connectivity index (χ0v) is 42.7. The minimum absolute atomic E-state index is 0. The van der Waals surface area contributed by atoms with E-state index in [9.17, 15) is 0 Å². The van der Waals surface area contributed by atoms with E-state index in [1.54, 1.807) is 7.11 Å². The van der Waals surface area contributed by atoms with Gasteiger partial charge in [0.1, 0.15) is 11.5 Å². The summed E-state index contributed by atoms with van der Waals surface area (Å²) >= 11 is 0. The van der Waals surface area contributed by atoms with E-state index in [1.165, 1.54) is 22.3 Å². The molecule has 60 heavy (non-hydrogen) atoms. The van der Waals surface area contributed by atoms with Crippen LogP contribution in [0, 0.1) is 82.7 Å². The average Bonchev–Trinajstić information content (AvgIpc) is 3.26. The molecule has 0 unspecified atom stereocenters.